The molecule has 0 aromatic heterocycles. The lowest BCUT2D eigenvalue weighted by Gasteiger charge is -2.24. The lowest BCUT2D eigenvalue weighted by molar-refractivity contribution is -0.137. The van der Waals surface area contributed by atoms with Crippen molar-refractivity contribution in [3.05, 3.63) is 28.8 Å². The minimum absolute atomic E-state index is 0.0738. The van der Waals surface area contributed by atoms with Crippen molar-refractivity contribution in [1.29, 1.82) is 0 Å². The molecule has 1 aromatic carbocycles. The van der Waals surface area contributed by atoms with Crippen LogP contribution in [0.5, 0.6) is 5.75 Å². The van der Waals surface area contributed by atoms with Gasteiger partial charge in [0.05, 0.1) is 13.5 Å². The molecule has 2 unspecified atom stereocenters. The van der Waals surface area contributed by atoms with E-state index in [9.17, 15) is 4.79 Å². The fourth-order valence-corrected chi connectivity index (χ4v) is 2.43. The number of rotatable bonds is 6. The smallest absolute Gasteiger partial charge is 0.304 e. The highest BCUT2D eigenvalue weighted by molar-refractivity contribution is 5.67. The average molecular weight is 266 g/mol. The summed E-state index contributed by atoms with van der Waals surface area (Å²) in [6.45, 7) is 3.93. The molecule has 0 spiro atoms. The molecule has 0 heterocycles. The fourth-order valence-electron chi connectivity index (χ4n) is 2.43. The van der Waals surface area contributed by atoms with Gasteiger partial charge in [0, 0.05) is 12.1 Å². The molecule has 1 rings (SSSR count). The molecule has 0 saturated heterocycles. The molecule has 0 amide bonds. The van der Waals surface area contributed by atoms with Crippen LogP contribution >= 0.6 is 0 Å². The summed E-state index contributed by atoms with van der Waals surface area (Å²) in [5, 5.41) is 11.9. The van der Waals surface area contributed by atoms with Crippen molar-refractivity contribution < 1.29 is 14.6 Å². The molecule has 0 fully saturated rings. The molecular weight excluding hydrogens is 244 g/mol. The summed E-state index contributed by atoms with van der Waals surface area (Å²) in [4.78, 5) is 10.8. The molecular formula is C14H22N2O3. The van der Waals surface area contributed by atoms with Gasteiger partial charge in [-0.25, -0.2) is 0 Å². The Bertz CT molecular complexity index is 437. The van der Waals surface area contributed by atoms with Crippen LogP contribution in [-0.4, -0.2) is 31.3 Å². The highest BCUT2D eigenvalue weighted by atomic mass is 16.5. The molecule has 1 aromatic rings. The van der Waals surface area contributed by atoms with E-state index in [0.717, 1.165) is 22.4 Å². The number of benzene rings is 1. The second-order valence-corrected chi connectivity index (χ2v) is 4.72. The molecule has 5 heteroatoms. The molecule has 19 heavy (non-hydrogen) atoms. The zero-order valence-electron chi connectivity index (χ0n) is 11.9. The van der Waals surface area contributed by atoms with Gasteiger partial charge in [-0.05, 0) is 37.6 Å². The molecule has 0 radical (unpaired) electrons. The molecule has 4 N–H and O–H groups in total. The Kier molecular flexibility index (Phi) is 5.32. The summed E-state index contributed by atoms with van der Waals surface area (Å²) in [7, 11) is 3.42. The van der Waals surface area contributed by atoms with E-state index < -0.39 is 12.0 Å². The first kappa shape index (κ1) is 15.5. The predicted molar refractivity (Wildman–Crippen MR) is 74.5 cm³/mol. The summed E-state index contributed by atoms with van der Waals surface area (Å²) in [5.74, 6) is -0.0416. The molecule has 2 atom stereocenters. The molecule has 0 bridgehead atoms. The zero-order chi connectivity index (χ0) is 14.6. The van der Waals surface area contributed by atoms with Crippen LogP contribution in [0.25, 0.3) is 0 Å². The van der Waals surface area contributed by atoms with Crippen LogP contribution in [-0.2, 0) is 4.79 Å². The van der Waals surface area contributed by atoms with Gasteiger partial charge in [0.25, 0.3) is 0 Å². The molecule has 106 valence electrons. The SMILES string of the molecule is CNC(c1cc(C)c(OC)c(C)c1)C(N)CC(=O)O. The van der Waals surface area contributed by atoms with E-state index in [1.807, 2.05) is 26.0 Å². The van der Waals surface area contributed by atoms with Gasteiger partial charge in [0.1, 0.15) is 5.75 Å². The van der Waals surface area contributed by atoms with Crippen molar-refractivity contribution in [2.75, 3.05) is 14.2 Å². The summed E-state index contributed by atoms with van der Waals surface area (Å²) < 4.78 is 5.32. The Labute approximate surface area is 113 Å². The minimum Gasteiger partial charge on any atom is -0.496 e. The maximum atomic E-state index is 10.8. The van der Waals surface area contributed by atoms with E-state index in [0.29, 0.717) is 0 Å². The van der Waals surface area contributed by atoms with Crippen molar-refractivity contribution in [2.24, 2.45) is 5.73 Å². The maximum Gasteiger partial charge on any atom is 0.304 e. The van der Waals surface area contributed by atoms with E-state index in [2.05, 4.69) is 5.32 Å². The van der Waals surface area contributed by atoms with Crippen molar-refractivity contribution in [3.8, 4) is 5.75 Å². The third-order valence-corrected chi connectivity index (χ3v) is 3.20. The minimum atomic E-state index is -0.894. The monoisotopic (exact) mass is 266 g/mol. The van der Waals surface area contributed by atoms with Crippen LogP contribution in [0, 0.1) is 13.8 Å². The van der Waals surface area contributed by atoms with E-state index in [4.69, 9.17) is 15.6 Å². The van der Waals surface area contributed by atoms with Crippen LogP contribution in [0.15, 0.2) is 12.1 Å². The Morgan fingerprint density at radius 2 is 1.95 bits per heavy atom. The van der Waals surface area contributed by atoms with E-state index in [1.54, 1.807) is 14.2 Å². The van der Waals surface area contributed by atoms with Crippen LogP contribution in [0.1, 0.15) is 29.2 Å². The second kappa shape index (κ2) is 6.54. The Balaban J connectivity index is 3.08. The van der Waals surface area contributed by atoms with Gasteiger partial charge >= 0.3 is 5.97 Å². The lowest BCUT2D eigenvalue weighted by atomic mass is 9.94. The Morgan fingerprint density at radius 3 is 2.32 bits per heavy atom. The highest BCUT2D eigenvalue weighted by Gasteiger charge is 2.22. The standard InChI is InChI=1S/C14H22N2O3/c1-8-5-10(6-9(2)14(8)19-4)13(16-3)11(15)7-12(17)18/h5-6,11,13,16H,7,15H2,1-4H3,(H,17,18). The van der Waals surface area contributed by atoms with Crippen LogP contribution in [0.4, 0.5) is 0 Å². The van der Waals surface area contributed by atoms with Crippen LogP contribution < -0.4 is 15.8 Å². The van der Waals surface area contributed by atoms with Gasteiger partial charge < -0.3 is 20.9 Å². The largest absolute Gasteiger partial charge is 0.496 e. The first-order valence-electron chi connectivity index (χ1n) is 6.20. The number of carbonyl (C=O) groups is 1. The van der Waals surface area contributed by atoms with Crippen molar-refractivity contribution in [2.45, 2.75) is 32.4 Å². The van der Waals surface area contributed by atoms with Gasteiger partial charge in [-0.2, -0.15) is 0 Å². The quantitative estimate of drug-likeness (QED) is 0.724. The summed E-state index contributed by atoms with van der Waals surface area (Å²) in [5.41, 5.74) is 8.96. The number of likely N-dealkylation sites (N-methyl/N-ethyl adjacent to an activating group) is 1. The number of hydrogen-bond donors (Lipinski definition) is 3. The van der Waals surface area contributed by atoms with Crippen molar-refractivity contribution in [1.82, 2.24) is 5.32 Å². The normalized spacial score (nSPS) is 13.9. The Morgan fingerprint density at radius 1 is 1.42 bits per heavy atom. The highest BCUT2D eigenvalue weighted by Crippen LogP contribution is 2.28. The number of nitrogens with one attached hydrogen (secondary N) is 1. The number of aryl methyl sites for hydroxylation is 2. The van der Waals surface area contributed by atoms with E-state index in [-0.39, 0.29) is 12.5 Å². The fraction of sp³-hybridized carbons (Fsp3) is 0.500. The van der Waals surface area contributed by atoms with E-state index >= 15 is 0 Å². The maximum absolute atomic E-state index is 10.8. The predicted octanol–water partition coefficient (Wildman–Crippen LogP) is 1.37. The van der Waals surface area contributed by atoms with Gasteiger partial charge in [-0.3, -0.25) is 4.79 Å². The van der Waals surface area contributed by atoms with Crippen LogP contribution in [0.2, 0.25) is 0 Å². The number of aliphatic carboxylic acids is 1. The van der Waals surface area contributed by atoms with E-state index in [1.165, 1.54) is 0 Å². The third kappa shape index (κ3) is 3.68. The summed E-state index contributed by atoms with van der Waals surface area (Å²) >= 11 is 0. The van der Waals surface area contributed by atoms with Gasteiger partial charge in [0.15, 0.2) is 0 Å². The average Bonchev–Trinajstić information content (AvgIpc) is 2.28. The van der Waals surface area contributed by atoms with Gasteiger partial charge in [-0.1, -0.05) is 12.1 Å². The summed E-state index contributed by atoms with van der Waals surface area (Å²) in [6, 6.07) is 3.29. The number of hydrogen-bond acceptors (Lipinski definition) is 4. The summed E-state index contributed by atoms with van der Waals surface area (Å²) in [6.07, 6.45) is -0.0738. The third-order valence-electron chi connectivity index (χ3n) is 3.20. The molecule has 0 aliphatic carbocycles. The molecule has 0 aliphatic rings. The molecule has 5 nitrogen and oxygen atoms in total. The molecule has 0 aliphatic heterocycles. The van der Waals surface area contributed by atoms with Crippen molar-refractivity contribution in [3.63, 3.8) is 0 Å². The van der Waals surface area contributed by atoms with Crippen molar-refractivity contribution >= 4 is 5.97 Å². The first-order valence-corrected chi connectivity index (χ1v) is 6.20. The number of methoxy groups -OCH3 is 1. The van der Waals surface area contributed by atoms with Crippen LogP contribution in [0.3, 0.4) is 0 Å². The first-order chi connectivity index (χ1) is 8.90. The second-order valence-electron chi connectivity index (χ2n) is 4.72. The Hall–Kier alpha value is -1.59. The molecule has 0 saturated carbocycles. The zero-order valence-corrected chi connectivity index (χ0v) is 11.9. The van der Waals surface area contributed by atoms with Gasteiger partial charge in [-0.15, -0.1) is 0 Å². The topological polar surface area (TPSA) is 84.6 Å². The van der Waals surface area contributed by atoms with Gasteiger partial charge in [0.2, 0.25) is 0 Å². The lowest BCUT2D eigenvalue weighted by Crippen LogP contribution is -2.38. The number of ether oxygens (including phenoxy) is 1. The number of carboxylic acid groups (broad SMARTS) is 1. The number of nitrogens with two attached hydrogens (primary N) is 1. The number of carboxylic acids is 1.